The standard InChI is InChI=1S/C27H39NOSi/c1-9-25(29-30(7,8)27(4,5)6)26(22(2)3)28(20-23-16-12-10-13-17-23)21-24-18-14-11-15-19-24/h1,10-19,22,25-26H,20-21H2,2-8H3/t25-,26+/m1/s1. The maximum atomic E-state index is 6.79. The molecular weight excluding hydrogens is 382 g/mol. The van der Waals surface area contributed by atoms with Gasteiger partial charge in [-0.1, -0.05) is 101 Å². The zero-order valence-corrected chi connectivity index (χ0v) is 20.9. The Morgan fingerprint density at radius 1 is 0.900 bits per heavy atom. The Kier molecular flexibility index (Phi) is 8.49. The minimum atomic E-state index is -2.00. The van der Waals surface area contributed by atoms with Crippen molar-refractivity contribution in [2.45, 2.75) is 78.0 Å². The van der Waals surface area contributed by atoms with Crippen LogP contribution >= 0.6 is 0 Å². The van der Waals surface area contributed by atoms with Gasteiger partial charge in [0.2, 0.25) is 0 Å². The fraction of sp³-hybridized carbons (Fsp3) is 0.481. The molecule has 0 unspecified atom stereocenters. The summed E-state index contributed by atoms with van der Waals surface area (Å²) in [5.41, 5.74) is 2.59. The van der Waals surface area contributed by atoms with Crippen LogP contribution in [0.2, 0.25) is 18.1 Å². The van der Waals surface area contributed by atoms with E-state index in [1.807, 2.05) is 0 Å². The number of hydrogen-bond donors (Lipinski definition) is 0. The first-order valence-corrected chi connectivity index (χ1v) is 13.9. The first-order valence-electron chi connectivity index (χ1n) is 11.0. The summed E-state index contributed by atoms with van der Waals surface area (Å²) >= 11 is 0. The SMILES string of the molecule is C#C[C@@H](O[Si](C)(C)C(C)(C)C)[C@H](C(C)C)N(Cc1ccccc1)Cc1ccccc1. The largest absolute Gasteiger partial charge is 0.402 e. The molecule has 2 atom stereocenters. The minimum absolute atomic E-state index is 0.118. The van der Waals surface area contributed by atoms with E-state index in [1.54, 1.807) is 0 Å². The van der Waals surface area contributed by atoms with E-state index in [1.165, 1.54) is 11.1 Å². The van der Waals surface area contributed by atoms with Crippen LogP contribution in [0.4, 0.5) is 0 Å². The van der Waals surface area contributed by atoms with Gasteiger partial charge in [0.15, 0.2) is 8.32 Å². The van der Waals surface area contributed by atoms with Gasteiger partial charge in [0.25, 0.3) is 0 Å². The van der Waals surface area contributed by atoms with Crippen LogP contribution in [0.5, 0.6) is 0 Å². The molecule has 0 fully saturated rings. The Hall–Kier alpha value is -1.86. The van der Waals surface area contributed by atoms with E-state index in [0.29, 0.717) is 5.92 Å². The van der Waals surface area contributed by atoms with Crippen LogP contribution in [0, 0.1) is 18.3 Å². The number of hydrogen-bond acceptors (Lipinski definition) is 2. The zero-order chi connectivity index (χ0) is 22.4. The van der Waals surface area contributed by atoms with Crippen molar-refractivity contribution < 1.29 is 4.43 Å². The van der Waals surface area contributed by atoms with Gasteiger partial charge in [-0.3, -0.25) is 4.90 Å². The smallest absolute Gasteiger partial charge is 0.193 e. The molecule has 0 aliphatic carbocycles. The van der Waals surface area contributed by atoms with Crippen LogP contribution in [0.15, 0.2) is 60.7 Å². The molecule has 0 aromatic heterocycles. The molecule has 3 heteroatoms. The lowest BCUT2D eigenvalue weighted by molar-refractivity contribution is 0.0501. The first-order chi connectivity index (χ1) is 14.0. The Morgan fingerprint density at radius 3 is 1.67 bits per heavy atom. The summed E-state index contributed by atoms with van der Waals surface area (Å²) in [5.74, 6) is 3.40. The molecule has 0 spiro atoms. The van der Waals surface area contributed by atoms with Gasteiger partial charge in [0, 0.05) is 19.1 Å². The maximum Gasteiger partial charge on any atom is 0.193 e. The van der Waals surface area contributed by atoms with Crippen molar-refractivity contribution in [3.63, 3.8) is 0 Å². The summed E-state index contributed by atoms with van der Waals surface area (Å²) in [6.07, 6.45) is 5.87. The van der Waals surface area contributed by atoms with Crippen LogP contribution in [-0.2, 0) is 17.5 Å². The summed E-state index contributed by atoms with van der Waals surface area (Å²) in [4.78, 5) is 2.51. The highest BCUT2D eigenvalue weighted by Gasteiger charge is 2.42. The second-order valence-electron chi connectivity index (χ2n) is 10.1. The lowest BCUT2D eigenvalue weighted by Gasteiger charge is -2.44. The average Bonchev–Trinajstić information content (AvgIpc) is 2.67. The third-order valence-corrected chi connectivity index (χ3v) is 10.7. The van der Waals surface area contributed by atoms with Gasteiger partial charge in [0.05, 0.1) is 0 Å². The van der Waals surface area contributed by atoms with E-state index >= 15 is 0 Å². The van der Waals surface area contributed by atoms with E-state index in [2.05, 4.69) is 119 Å². The predicted molar refractivity (Wildman–Crippen MR) is 132 cm³/mol. The molecule has 2 aromatic rings. The first kappa shape index (κ1) is 24.4. The third-order valence-electron chi connectivity index (χ3n) is 6.26. The van der Waals surface area contributed by atoms with Crippen molar-refractivity contribution >= 4 is 8.32 Å². The van der Waals surface area contributed by atoms with Gasteiger partial charge in [-0.05, 0) is 35.2 Å². The minimum Gasteiger partial charge on any atom is -0.402 e. The van der Waals surface area contributed by atoms with Crippen molar-refractivity contribution in [2.75, 3.05) is 0 Å². The molecule has 0 aliphatic heterocycles. The van der Waals surface area contributed by atoms with Crippen molar-refractivity contribution in [3.05, 3.63) is 71.8 Å². The highest BCUT2D eigenvalue weighted by Crippen LogP contribution is 2.38. The quantitative estimate of drug-likeness (QED) is 0.328. The fourth-order valence-electron chi connectivity index (χ4n) is 3.56. The third kappa shape index (κ3) is 6.57. The molecule has 0 amide bonds. The number of terminal acetylenes is 1. The number of nitrogens with zero attached hydrogens (tertiary/aromatic N) is 1. The number of benzene rings is 2. The molecule has 0 saturated carbocycles. The molecule has 2 aromatic carbocycles. The zero-order valence-electron chi connectivity index (χ0n) is 19.9. The number of rotatable bonds is 9. The van der Waals surface area contributed by atoms with E-state index in [0.717, 1.165) is 13.1 Å². The van der Waals surface area contributed by atoms with Crippen LogP contribution in [-0.4, -0.2) is 25.4 Å². The molecule has 2 nitrogen and oxygen atoms in total. The highest BCUT2D eigenvalue weighted by atomic mass is 28.4. The van der Waals surface area contributed by atoms with Crippen LogP contribution in [0.3, 0.4) is 0 Å². The average molecular weight is 422 g/mol. The van der Waals surface area contributed by atoms with Crippen molar-refractivity contribution in [2.24, 2.45) is 5.92 Å². The van der Waals surface area contributed by atoms with Crippen molar-refractivity contribution in [1.82, 2.24) is 4.90 Å². The lowest BCUT2D eigenvalue weighted by Crippen LogP contribution is -2.53. The molecule has 30 heavy (non-hydrogen) atoms. The van der Waals surface area contributed by atoms with Crippen molar-refractivity contribution in [1.29, 1.82) is 0 Å². The maximum absolute atomic E-state index is 6.79. The summed E-state index contributed by atoms with van der Waals surface area (Å²) in [6, 6.07) is 21.4. The summed E-state index contributed by atoms with van der Waals surface area (Å²) in [6.45, 7) is 17.6. The lowest BCUT2D eigenvalue weighted by atomic mass is 9.95. The summed E-state index contributed by atoms with van der Waals surface area (Å²) in [7, 11) is -2.00. The molecule has 162 valence electrons. The van der Waals surface area contributed by atoms with Gasteiger partial charge < -0.3 is 4.43 Å². The molecule has 0 N–H and O–H groups in total. The van der Waals surface area contributed by atoms with Crippen LogP contribution in [0.1, 0.15) is 45.7 Å². The Balaban J connectivity index is 2.39. The molecule has 0 radical (unpaired) electrons. The summed E-state index contributed by atoms with van der Waals surface area (Å²) < 4.78 is 6.79. The molecule has 0 saturated heterocycles. The Morgan fingerprint density at radius 2 is 1.33 bits per heavy atom. The van der Waals surface area contributed by atoms with Crippen molar-refractivity contribution in [3.8, 4) is 12.3 Å². The second-order valence-corrected chi connectivity index (χ2v) is 14.8. The normalized spacial score (nSPS) is 14.5. The molecule has 0 aliphatic rings. The van der Waals surface area contributed by atoms with Gasteiger partial charge in [-0.25, -0.2) is 0 Å². The van der Waals surface area contributed by atoms with E-state index < -0.39 is 8.32 Å². The molecule has 2 rings (SSSR count). The van der Waals surface area contributed by atoms with Crippen LogP contribution < -0.4 is 0 Å². The van der Waals surface area contributed by atoms with Crippen LogP contribution in [0.25, 0.3) is 0 Å². The molecular formula is C27H39NOSi. The van der Waals surface area contributed by atoms with Gasteiger partial charge >= 0.3 is 0 Å². The van der Waals surface area contributed by atoms with Gasteiger partial charge in [0.1, 0.15) is 6.10 Å². The Labute approximate surface area is 185 Å². The Bertz CT molecular complexity index is 761. The monoisotopic (exact) mass is 421 g/mol. The summed E-state index contributed by atoms with van der Waals surface area (Å²) in [5, 5.41) is 0.118. The fourth-order valence-corrected chi connectivity index (χ4v) is 4.76. The highest BCUT2D eigenvalue weighted by molar-refractivity contribution is 6.74. The molecule has 0 heterocycles. The topological polar surface area (TPSA) is 12.5 Å². The van der Waals surface area contributed by atoms with Gasteiger partial charge in [-0.15, -0.1) is 6.42 Å². The second kappa shape index (κ2) is 10.4. The van der Waals surface area contributed by atoms with E-state index in [9.17, 15) is 0 Å². The van der Waals surface area contributed by atoms with E-state index in [-0.39, 0.29) is 17.2 Å². The van der Waals surface area contributed by atoms with Gasteiger partial charge in [-0.2, -0.15) is 0 Å². The predicted octanol–water partition coefficient (Wildman–Crippen LogP) is 6.74. The molecule has 0 bridgehead atoms. The van der Waals surface area contributed by atoms with E-state index in [4.69, 9.17) is 10.8 Å².